The summed E-state index contributed by atoms with van der Waals surface area (Å²) in [7, 11) is 1.97. The summed E-state index contributed by atoms with van der Waals surface area (Å²) in [6, 6.07) is 3.80. The maximum Gasteiger partial charge on any atom is 0.224 e. The quantitative estimate of drug-likeness (QED) is 0.779. The van der Waals surface area contributed by atoms with Crippen molar-refractivity contribution < 1.29 is 0 Å². The van der Waals surface area contributed by atoms with Crippen molar-refractivity contribution in [2.45, 2.75) is 13.8 Å². The lowest BCUT2D eigenvalue weighted by Gasteiger charge is -2.19. The lowest BCUT2D eigenvalue weighted by molar-refractivity contribution is 0.939. The number of fused-ring (bicyclic) bond motifs is 1. The van der Waals surface area contributed by atoms with Gasteiger partial charge in [-0.3, -0.25) is 0 Å². The first-order valence-corrected chi connectivity index (χ1v) is 6.13. The highest BCUT2D eigenvalue weighted by molar-refractivity contribution is 6.36. The zero-order valence-corrected chi connectivity index (χ0v) is 11.5. The van der Waals surface area contributed by atoms with Gasteiger partial charge in [0.2, 0.25) is 5.28 Å². The maximum atomic E-state index is 6.15. The number of aromatic nitrogens is 2. The summed E-state index contributed by atoms with van der Waals surface area (Å²) >= 11 is 12.1. The number of nitrogens with zero attached hydrogens (tertiary/aromatic N) is 3. The van der Waals surface area contributed by atoms with Gasteiger partial charge in [-0.05, 0) is 37.1 Å². The molecular weight excluding hydrogens is 257 g/mol. The molecule has 5 heteroatoms. The average molecular weight is 270 g/mol. The molecule has 0 atom stereocenters. The van der Waals surface area contributed by atoms with Gasteiger partial charge in [0.05, 0.1) is 10.5 Å². The molecule has 17 heavy (non-hydrogen) atoms. The van der Waals surface area contributed by atoms with Gasteiger partial charge in [-0.1, -0.05) is 17.7 Å². The molecule has 0 saturated carbocycles. The van der Waals surface area contributed by atoms with Crippen molar-refractivity contribution in [3.8, 4) is 0 Å². The smallest absolute Gasteiger partial charge is 0.224 e. The molecule has 1 aromatic heterocycles. The van der Waals surface area contributed by atoms with E-state index >= 15 is 0 Å². The van der Waals surface area contributed by atoms with Gasteiger partial charge >= 0.3 is 0 Å². The number of hydrogen-bond donors (Lipinski definition) is 0. The molecule has 0 fully saturated rings. The van der Waals surface area contributed by atoms with Crippen LogP contribution in [0.25, 0.3) is 10.9 Å². The molecule has 0 aliphatic carbocycles. The summed E-state index contributed by atoms with van der Waals surface area (Å²) < 4.78 is 0. The number of anilines is 1. The molecule has 0 aliphatic heterocycles. The highest BCUT2D eigenvalue weighted by Crippen LogP contribution is 2.31. The Morgan fingerprint density at radius 1 is 1.24 bits per heavy atom. The molecule has 0 saturated heterocycles. The number of benzene rings is 1. The Kier molecular flexibility index (Phi) is 3.40. The Balaban J connectivity index is 2.87. The highest BCUT2D eigenvalue weighted by Gasteiger charge is 2.14. The first-order chi connectivity index (χ1) is 8.04. The normalized spacial score (nSPS) is 10.9. The van der Waals surface area contributed by atoms with Crippen LogP contribution in [-0.2, 0) is 0 Å². The summed E-state index contributed by atoms with van der Waals surface area (Å²) in [5, 5.41) is 1.78. The summed E-state index contributed by atoms with van der Waals surface area (Å²) in [6.45, 7) is 4.92. The lowest BCUT2D eigenvalue weighted by atomic mass is 10.1. The van der Waals surface area contributed by atoms with E-state index in [9.17, 15) is 0 Å². The molecule has 3 nitrogen and oxygen atoms in total. The largest absolute Gasteiger partial charge is 0.359 e. The Morgan fingerprint density at radius 3 is 2.59 bits per heavy atom. The van der Waals surface area contributed by atoms with Gasteiger partial charge in [0.25, 0.3) is 0 Å². The molecule has 0 spiro atoms. The van der Waals surface area contributed by atoms with Gasteiger partial charge in [0, 0.05) is 19.0 Å². The van der Waals surface area contributed by atoms with Crippen molar-refractivity contribution in [3.63, 3.8) is 0 Å². The molecule has 0 aliphatic rings. The van der Waals surface area contributed by atoms with Gasteiger partial charge in [-0.2, -0.15) is 4.98 Å². The fourth-order valence-corrected chi connectivity index (χ4v) is 2.11. The summed E-state index contributed by atoms with van der Waals surface area (Å²) in [5.74, 6) is 0.822. The minimum atomic E-state index is 0.223. The van der Waals surface area contributed by atoms with Crippen LogP contribution in [0, 0.1) is 6.92 Å². The van der Waals surface area contributed by atoms with Crippen LogP contribution in [-0.4, -0.2) is 23.6 Å². The van der Waals surface area contributed by atoms with Crippen LogP contribution in [0.15, 0.2) is 12.1 Å². The number of rotatable bonds is 2. The van der Waals surface area contributed by atoms with E-state index in [-0.39, 0.29) is 5.28 Å². The number of halogens is 2. The first-order valence-electron chi connectivity index (χ1n) is 5.38. The van der Waals surface area contributed by atoms with Gasteiger partial charge in [-0.25, -0.2) is 4.98 Å². The zero-order chi connectivity index (χ0) is 12.6. The van der Waals surface area contributed by atoms with E-state index in [1.807, 2.05) is 31.0 Å². The van der Waals surface area contributed by atoms with Gasteiger partial charge < -0.3 is 4.90 Å². The first kappa shape index (κ1) is 12.4. The van der Waals surface area contributed by atoms with Crippen molar-refractivity contribution in [3.05, 3.63) is 28.0 Å². The van der Waals surface area contributed by atoms with Gasteiger partial charge in [0.1, 0.15) is 5.82 Å². The van der Waals surface area contributed by atoms with Crippen LogP contribution < -0.4 is 4.90 Å². The van der Waals surface area contributed by atoms with Gasteiger partial charge in [0.15, 0.2) is 0 Å². The van der Waals surface area contributed by atoms with E-state index in [0.29, 0.717) is 10.5 Å². The second-order valence-corrected chi connectivity index (χ2v) is 4.66. The summed E-state index contributed by atoms with van der Waals surface area (Å²) in [5.41, 5.74) is 1.80. The molecule has 1 aromatic carbocycles. The van der Waals surface area contributed by atoms with Crippen LogP contribution in [0.1, 0.15) is 12.5 Å². The van der Waals surface area contributed by atoms with Crippen LogP contribution in [0.3, 0.4) is 0 Å². The fourth-order valence-electron chi connectivity index (χ4n) is 1.74. The summed E-state index contributed by atoms with van der Waals surface area (Å²) in [6.07, 6.45) is 0. The highest BCUT2D eigenvalue weighted by atomic mass is 35.5. The molecule has 2 aromatic rings. The minimum absolute atomic E-state index is 0.223. The SMILES string of the molecule is CCN(C)c1nc(Cl)nc2c(Cl)ccc(C)c12. The zero-order valence-electron chi connectivity index (χ0n) is 9.96. The Labute approximate surface area is 110 Å². The molecule has 90 valence electrons. The monoisotopic (exact) mass is 269 g/mol. The maximum absolute atomic E-state index is 6.15. The topological polar surface area (TPSA) is 29.0 Å². The minimum Gasteiger partial charge on any atom is -0.359 e. The van der Waals surface area contributed by atoms with E-state index in [0.717, 1.165) is 23.3 Å². The van der Waals surface area contributed by atoms with Crippen LogP contribution in [0.2, 0.25) is 10.3 Å². The summed E-state index contributed by atoms with van der Waals surface area (Å²) in [4.78, 5) is 10.5. The van der Waals surface area contributed by atoms with Crippen molar-refractivity contribution >= 4 is 39.9 Å². The van der Waals surface area contributed by atoms with Crippen LogP contribution >= 0.6 is 23.2 Å². The average Bonchev–Trinajstić information content (AvgIpc) is 2.32. The third-order valence-electron chi connectivity index (χ3n) is 2.80. The third kappa shape index (κ3) is 2.17. The molecule has 1 heterocycles. The lowest BCUT2D eigenvalue weighted by Crippen LogP contribution is -2.18. The molecule has 0 amide bonds. The second kappa shape index (κ2) is 4.67. The standard InChI is InChI=1S/C12H13Cl2N3/c1-4-17(3)11-9-7(2)5-6-8(13)10(9)15-12(14)16-11/h5-6H,4H2,1-3H3. The Hall–Kier alpha value is -1.06. The molecule has 0 radical (unpaired) electrons. The Bertz CT molecular complexity index is 569. The molecule has 0 bridgehead atoms. The van der Waals surface area contributed by atoms with E-state index in [2.05, 4.69) is 16.9 Å². The number of aryl methyl sites for hydroxylation is 1. The fraction of sp³-hybridized carbons (Fsp3) is 0.333. The molecular formula is C12H13Cl2N3. The van der Waals surface area contributed by atoms with Gasteiger partial charge in [-0.15, -0.1) is 0 Å². The van der Waals surface area contributed by atoms with E-state index < -0.39 is 0 Å². The molecule has 2 rings (SSSR count). The number of hydrogen-bond acceptors (Lipinski definition) is 3. The molecule has 0 N–H and O–H groups in total. The Morgan fingerprint density at radius 2 is 1.94 bits per heavy atom. The van der Waals surface area contributed by atoms with E-state index in [1.165, 1.54) is 0 Å². The molecule has 0 unspecified atom stereocenters. The second-order valence-electron chi connectivity index (χ2n) is 3.92. The van der Waals surface area contributed by atoms with Crippen molar-refractivity contribution in [2.75, 3.05) is 18.5 Å². The predicted molar refractivity (Wildman–Crippen MR) is 73.2 cm³/mol. The van der Waals surface area contributed by atoms with Crippen molar-refractivity contribution in [1.29, 1.82) is 0 Å². The van der Waals surface area contributed by atoms with E-state index in [1.54, 1.807) is 0 Å². The van der Waals surface area contributed by atoms with E-state index in [4.69, 9.17) is 23.2 Å². The predicted octanol–water partition coefficient (Wildman–Crippen LogP) is 3.70. The van der Waals surface area contributed by atoms with Crippen LogP contribution in [0.4, 0.5) is 5.82 Å². The van der Waals surface area contributed by atoms with Crippen molar-refractivity contribution in [1.82, 2.24) is 9.97 Å². The third-order valence-corrected chi connectivity index (χ3v) is 3.27. The van der Waals surface area contributed by atoms with Crippen molar-refractivity contribution in [2.24, 2.45) is 0 Å². The van der Waals surface area contributed by atoms with Crippen LogP contribution in [0.5, 0.6) is 0 Å².